The fourth-order valence-corrected chi connectivity index (χ4v) is 2.77. The Hall–Kier alpha value is -1.87. The first-order chi connectivity index (χ1) is 10.2. The van der Waals surface area contributed by atoms with Crippen LogP contribution in [0.1, 0.15) is 34.8 Å². The highest BCUT2D eigenvalue weighted by Crippen LogP contribution is 2.26. The number of nitrogens with one attached hydrogen (secondary N) is 1. The smallest absolute Gasteiger partial charge is 0.128 e. The molecule has 0 amide bonds. The van der Waals surface area contributed by atoms with E-state index in [4.69, 9.17) is 4.74 Å². The molecular weight excluding hydrogens is 260 g/mol. The van der Waals surface area contributed by atoms with E-state index in [-0.39, 0.29) is 0 Å². The summed E-state index contributed by atoms with van der Waals surface area (Å²) < 4.78 is 5.48. The highest BCUT2D eigenvalue weighted by Gasteiger charge is 2.13. The van der Waals surface area contributed by atoms with Crippen LogP contribution in [0.25, 0.3) is 0 Å². The summed E-state index contributed by atoms with van der Waals surface area (Å²) in [5.41, 5.74) is 4.68. The molecule has 2 aromatic rings. The third-order valence-electron chi connectivity index (χ3n) is 3.97. The van der Waals surface area contributed by atoms with Crippen LogP contribution in [0.2, 0.25) is 0 Å². The molecule has 0 aliphatic rings. The zero-order valence-corrected chi connectivity index (χ0v) is 13.3. The molecule has 112 valence electrons. The highest BCUT2D eigenvalue weighted by atomic mass is 16.5. The summed E-state index contributed by atoms with van der Waals surface area (Å²) in [5, 5.41) is 3.39. The summed E-state index contributed by atoms with van der Waals surface area (Å²) in [7, 11) is 3.73. The van der Waals surface area contributed by atoms with Crippen molar-refractivity contribution in [2.24, 2.45) is 0 Å². The summed E-state index contributed by atoms with van der Waals surface area (Å²) in [6, 6.07) is 10.9. The second kappa shape index (κ2) is 7.23. The molecule has 0 spiro atoms. The fraction of sp³-hybridized carbons (Fsp3) is 0.389. The standard InChI is InChI=1S/C18H24N2O/c1-13-12-20-16(14(2)18(13)21-4)10-11-17(19-3)15-8-6-5-7-9-15/h5-9,12,17,19H,10-11H2,1-4H3. The lowest BCUT2D eigenvalue weighted by atomic mass is 9.99. The van der Waals surface area contributed by atoms with Crippen molar-refractivity contribution in [2.75, 3.05) is 14.2 Å². The third-order valence-corrected chi connectivity index (χ3v) is 3.97. The van der Waals surface area contributed by atoms with Crippen LogP contribution in [0.5, 0.6) is 5.75 Å². The van der Waals surface area contributed by atoms with Gasteiger partial charge in [0, 0.05) is 29.1 Å². The van der Waals surface area contributed by atoms with E-state index in [1.807, 2.05) is 26.2 Å². The maximum atomic E-state index is 5.48. The van der Waals surface area contributed by atoms with E-state index >= 15 is 0 Å². The topological polar surface area (TPSA) is 34.2 Å². The van der Waals surface area contributed by atoms with Crippen LogP contribution in [0.3, 0.4) is 0 Å². The Morgan fingerprint density at radius 2 is 1.90 bits per heavy atom. The number of nitrogens with zero attached hydrogens (tertiary/aromatic N) is 1. The second-order valence-electron chi connectivity index (χ2n) is 5.34. The Labute approximate surface area is 127 Å². The molecule has 1 heterocycles. The summed E-state index contributed by atoms with van der Waals surface area (Å²) in [5.74, 6) is 0.959. The largest absolute Gasteiger partial charge is 0.496 e. The number of methoxy groups -OCH3 is 1. The first-order valence-electron chi connectivity index (χ1n) is 7.38. The van der Waals surface area contributed by atoms with Gasteiger partial charge in [0.1, 0.15) is 5.75 Å². The number of rotatable bonds is 6. The molecule has 1 unspecified atom stereocenters. The fourth-order valence-electron chi connectivity index (χ4n) is 2.77. The minimum atomic E-state index is 0.347. The van der Waals surface area contributed by atoms with E-state index in [9.17, 15) is 0 Å². The van der Waals surface area contributed by atoms with Crippen molar-refractivity contribution in [3.8, 4) is 5.75 Å². The lowest BCUT2D eigenvalue weighted by Gasteiger charge is -2.18. The van der Waals surface area contributed by atoms with Gasteiger partial charge in [-0.3, -0.25) is 4.98 Å². The molecule has 1 aromatic carbocycles. The monoisotopic (exact) mass is 284 g/mol. The number of ether oxygens (including phenoxy) is 1. The molecule has 0 aliphatic heterocycles. The lowest BCUT2D eigenvalue weighted by Crippen LogP contribution is -2.17. The van der Waals surface area contributed by atoms with Crippen LogP contribution in [-0.4, -0.2) is 19.1 Å². The van der Waals surface area contributed by atoms with Gasteiger partial charge in [0.2, 0.25) is 0 Å². The normalized spacial score (nSPS) is 12.2. The van der Waals surface area contributed by atoms with Gasteiger partial charge in [-0.25, -0.2) is 0 Å². The van der Waals surface area contributed by atoms with Gasteiger partial charge in [-0.05, 0) is 39.3 Å². The lowest BCUT2D eigenvalue weighted by molar-refractivity contribution is 0.406. The Kier molecular flexibility index (Phi) is 5.34. The van der Waals surface area contributed by atoms with Crippen molar-refractivity contribution in [2.45, 2.75) is 32.7 Å². The average Bonchev–Trinajstić information content (AvgIpc) is 2.51. The Balaban J connectivity index is 2.12. The predicted octanol–water partition coefficient (Wildman–Crippen LogP) is 3.60. The van der Waals surface area contributed by atoms with E-state index < -0.39 is 0 Å². The second-order valence-corrected chi connectivity index (χ2v) is 5.34. The minimum Gasteiger partial charge on any atom is -0.496 e. The quantitative estimate of drug-likeness (QED) is 0.880. The number of benzene rings is 1. The van der Waals surface area contributed by atoms with Gasteiger partial charge in [-0.2, -0.15) is 0 Å². The van der Waals surface area contributed by atoms with E-state index in [2.05, 4.69) is 41.5 Å². The van der Waals surface area contributed by atoms with E-state index in [1.165, 1.54) is 5.56 Å². The molecule has 3 heteroatoms. The molecular formula is C18H24N2O. The molecule has 0 saturated heterocycles. The summed E-state index contributed by atoms with van der Waals surface area (Å²) in [6.07, 6.45) is 3.85. The van der Waals surface area contributed by atoms with Crippen LogP contribution >= 0.6 is 0 Å². The van der Waals surface area contributed by atoms with Crippen LogP contribution in [-0.2, 0) is 6.42 Å². The first kappa shape index (κ1) is 15.5. The van der Waals surface area contributed by atoms with Crippen molar-refractivity contribution in [1.29, 1.82) is 0 Å². The molecule has 1 aromatic heterocycles. The van der Waals surface area contributed by atoms with Gasteiger partial charge in [-0.15, -0.1) is 0 Å². The van der Waals surface area contributed by atoms with Gasteiger partial charge in [-0.1, -0.05) is 30.3 Å². The van der Waals surface area contributed by atoms with E-state index in [0.29, 0.717) is 6.04 Å². The number of hydrogen-bond donors (Lipinski definition) is 1. The maximum Gasteiger partial charge on any atom is 0.128 e. The van der Waals surface area contributed by atoms with E-state index in [1.54, 1.807) is 7.11 Å². The van der Waals surface area contributed by atoms with Gasteiger partial charge in [0.05, 0.1) is 7.11 Å². The molecule has 21 heavy (non-hydrogen) atoms. The van der Waals surface area contributed by atoms with Crippen LogP contribution in [0.4, 0.5) is 0 Å². The molecule has 0 radical (unpaired) electrons. The molecule has 1 N–H and O–H groups in total. The van der Waals surface area contributed by atoms with Crippen LogP contribution < -0.4 is 10.1 Å². The molecule has 1 atom stereocenters. The van der Waals surface area contributed by atoms with Crippen molar-refractivity contribution >= 4 is 0 Å². The highest BCUT2D eigenvalue weighted by molar-refractivity contribution is 5.41. The van der Waals surface area contributed by atoms with E-state index in [0.717, 1.165) is 35.4 Å². The van der Waals surface area contributed by atoms with Crippen LogP contribution in [0, 0.1) is 13.8 Å². The SMILES string of the molecule is CNC(CCc1ncc(C)c(OC)c1C)c1ccccc1. The molecule has 0 aliphatic carbocycles. The van der Waals surface area contributed by atoms with Gasteiger partial charge in [0.15, 0.2) is 0 Å². The molecule has 0 fully saturated rings. The Morgan fingerprint density at radius 1 is 1.19 bits per heavy atom. The number of aryl methyl sites for hydroxylation is 2. The number of hydrogen-bond acceptors (Lipinski definition) is 3. The maximum absolute atomic E-state index is 5.48. The average molecular weight is 284 g/mol. The molecule has 0 saturated carbocycles. The van der Waals surface area contributed by atoms with Gasteiger partial charge >= 0.3 is 0 Å². The van der Waals surface area contributed by atoms with Crippen molar-refractivity contribution < 1.29 is 4.74 Å². The zero-order chi connectivity index (χ0) is 15.2. The zero-order valence-electron chi connectivity index (χ0n) is 13.3. The number of aromatic nitrogens is 1. The van der Waals surface area contributed by atoms with Gasteiger partial charge < -0.3 is 10.1 Å². The number of pyridine rings is 1. The Bertz CT molecular complexity index is 581. The van der Waals surface area contributed by atoms with Crippen molar-refractivity contribution in [3.05, 3.63) is 58.9 Å². The predicted molar refractivity (Wildman–Crippen MR) is 86.8 cm³/mol. The molecule has 0 bridgehead atoms. The molecule has 3 nitrogen and oxygen atoms in total. The minimum absolute atomic E-state index is 0.347. The Morgan fingerprint density at radius 3 is 2.52 bits per heavy atom. The van der Waals surface area contributed by atoms with Crippen molar-refractivity contribution in [3.63, 3.8) is 0 Å². The summed E-state index contributed by atoms with van der Waals surface area (Å²) in [4.78, 5) is 4.58. The third kappa shape index (κ3) is 3.61. The van der Waals surface area contributed by atoms with Crippen LogP contribution in [0.15, 0.2) is 36.5 Å². The first-order valence-corrected chi connectivity index (χ1v) is 7.38. The summed E-state index contributed by atoms with van der Waals surface area (Å²) >= 11 is 0. The van der Waals surface area contributed by atoms with Gasteiger partial charge in [0.25, 0.3) is 0 Å². The van der Waals surface area contributed by atoms with Crippen molar-refractivity contribution in [1.82, 2.24) is 10.3 Å². The summed E-state index contributed by atoms with van der Waals surface area (Å²) in [6.45, 7) is 4.12. The molecule has 2 rings (SSSR count).